The predicted molar refractivity (Wildman–Crippen MR) is 90.6 cm³/mol. The van der Waals surface area contributed by atoms with E-state index in [-0.39, 0.29) is 0 Å². The van der Waals surface area contributed by atoms with Crippen molar-refractivity contribution >= 4 is 23.6 Å². The van der Waals surface area contributed by atoms with Crippen LogP contribution in [0.5, 0.6) is 0 Å². The van der Waals surface area contributed by atoms with Crippen LogP contribution in [0, 0.1) is 0 Å². The summed E-state index contributed by atoms with van der Waals surface area (Å²) in [6.07, 6.45) is 2.76. The van der Waals surface area contributed by atoms with Crippen LogP contribution >= 0.6 is 11.6 Å². The summed E-state index contributed by atoms with van der Waals surface area (Å²) < 4.78 is 5.80. The summed E-state index contributed by atoms with van der Waals surface area (Å²) in [7, 11) is 0. The second-order valence-electron chi connectivity index (χ2n) is 4.84. The first-order valence-corrected chi connectivity index (χ1v) is 7.31. The quantitative estimate of drug-likeness (QED) is 0.732. The van der Waals surface area contributed by atoms with E-state index in [9.17, 15) is 4.79 Å². The Bertz CT molecular complexity index is 852. The molecule has 0 unspecified atom stereocenters. The van der Waals surface area contributed by atoms with Gasteiger partial charge in [0.1, 0.15) is 5.69 Å². The molecule has 2 aromatic carbocycles. The Morgan fingerprint density at radius 2 is 1.74 bits per heavy atom. The van der Waals surface area contributed by atoms with Crippen molar-refractivity contribution in [3.05, 3.63) is 71.5 Å². The van der Waals surface area contributed by atoms with E-state index < -0.39 is 5.91 Å². The predicted octanol–water partition coefficient (Wildman–Crippen LogP) is 4.16. The van der Waals surface area contributed by atoms with Gasteiger partial charge in [-0.05, 0) is 30.3 Å². The van der Waals surface area contributed by atoms with Gasteiger partial charge in [-0.25, -0.2) is 4.98 Å². The molecule has 1 aromatic heterocycles. The molecule has 0 saturated carbocycles. The Labute approximate surface area is 138 Å². The molecule has 2 N–H and O–H groups in total. The Balaban J connectivity index is 2.10. The highest BCUT2D eigenvalue weighted by Crippen LogP contribution is 2.30. The van der Waals surface area contributed by atoms with Gasteiger partial charge in [-0.2, -0.15) is 0 Å². The minimum Gasteiger partial charge on any atom is -0.436 e. The molecule has 114 valence electrons. The molecular formula is C18H13ClN2O2. The molecule has 1 amide bonds. The number of hydrogen-bond acceptors (Lipinski definition) is 3. The van der Waals surface area contributed by atoms with E-state index in [4.69, 9.17) is 21.8 Å². The smallest absolute Gasteiger partial charge is 0.241 e. The van der Waals surface area contributed by atoms with Gasteiger partial charge >= 0.3 is 0 Å². The van der Waals surface area contributed by atoms with Crippen LogP contribution < -0.4 is 5.73 Å². The zero-order chi connectivity index (χ0) is 16.2. The Kier molecular flexibility index (Phi) is 4.26. The Hall–Kier alpha value is -2.85. The fourth-order valence-electron chi connectivity index (χ4n) is 2.12. The number of amides is 1. The molecule has 0 spiro atoms. The summed E-state index contributed by atoms with van der Waals surface area (Å²) in [5.74, 6) is 0.384. The minimum atomic E-state index is -0.551. The van der Waals surface area contributed by atoms with Gasteiger partial charge in [-0.3, -0.25) is 4.79 Å². The van der Waals surface area contributed by atoms with E-state index >= 15 is 0 Å². The van der Waals surface area contributed by atoms with Gasteiger partial charge in [-0.15, -0.1) is 0 Å². The van der Waals surface area contributed by atoms with Gasteiger partial charge in [0, 0.05) is 22.2 Å². The van der Waals surface area contributed by atoms with Crippen molar-refractivity contribution in [2.45, 2.75) is 0 Å². The largest absolute Gasteiger partial charge is 0.436 e. The first kappa shape index (κ1) is 15.1. The molecule has 3 rings (SSSR count). The number of halogens is 1. The van der Waals surface area contributed by atoms with Crippen LogP contribution in [0.2, 0.25) is 5.02 Å². The molecule has 3 aromatic rings. The number of primary amides is 1. The summed E-state index contributed by atoms with van der Waals surface area (Å²) in [6.45, 7) is 0. The number of carbonyl (C=O) groups excluding carboxylic acids is 1. The highest BCUT2D eigenvalue weighted by molar-refractivity contribution is 6.30. The second kappa shape index (κ2) is 6.50. The van der Waals surface area contributed by atoms with Crippen molar-refractivity contribution in [2.75, 3.05) is 0 Å². The normalized spacial score (nSPS) is 11.0. The number of benzene rings is 2. The summed E-state index contributed by atoms with van der Waals surface area (Å²) in [6, 6.07) is 16.8. The molecule has 5 heteroatoms. The van der Waals surface area contributed by atoms with Gasteiger partial charge in [0.25, 0.3) is 0 Å². The molecule has 0 atom stereocenters. The first-order valence-electron chi connectivity index (χ1n) is 6.93. The van der Waals surface area contributed by atoms with Crippen LogP contribution in [0.4, 0.5) is 0 Å². The van der Waals surface area contributed by atoms with Crippen molar-refractivity contribution in [1.82, 2.24) is 4.98 Å². The molecule has 4 nitrogen and oxygen atoms in total. The SMILES string of the molecule is NC(=O)C=Cc1oc(-c2ccccc2)nc1-c1ccc(Cl)cc1. The lowest BCUT2D eigenvalue weighted by Crippen LogP contribution is -2.05. The standard InChI is InChI=1S/C18H13ClN2O2/c19-14-8-6-12(7-9-14)17-15(10-11-16(20)22)23-18(21-17)13-4-2-1-3-5-13/h1-11H,(H2,20,22). The third-order valence-corrected chi connectivity index (χ3v) is 3.44. The second-order valence-corrected chi connectivity index (χ2v) is 5.28. The number of oxazole rings is 1. The van der Waals surface area contributed by atoms with Crippen LogP contribution in [0.1, 0.15) is 5.76 Å². The lowest BCUT2D eigenvalue weighted by atomic mass is 10.1. The van der Waals surface area contributed by atoms with Crippen LogP contribution in [-0.2, 0) is 4.79 Å². The van der Waals surface area contributed by atoms with Crippen molar-refractivity contribution in [3.8, 4) is 22.7 Å². The summed E-state index contributed by atoms with van der Waals surface area (Å²) in [5.41, 5.74) is 7.47. The first-order chi connectivity index (χ1) is 11.1. The van der Waals surface area contributed by atoms with Gasteiger partial charge in [-0.1, -0.05) is 41.9 Å². The van der Waals surface area contributed by atoms with Gasteiger partial charge in [0.05, 0.1) is 0 Å². The van der Waals surface area contributed by atoms with E-state index in [1.807, 2.05) is 42.5 Å². The number of nitrogens with zero attached hydrogens (tertiary/aromatic N) is 1. The number of carbonyl (C=O) groups is 1. The van der Waals surface area contributed by atoms with Gasteiger partial charge < -0.3 is 10.2 Å². The maximum Gasteiger partial charge on any atom is 0.241 e. The maximum atomic E-state index is 11.0. The Morgan fingerprint density at radius 1 is 1.04 bits per heavy atom. The summed E-state index contributed by atoms with van der Waals surface area (Å²) >= 11 is 5.92. The molecule has 0 aliphatic carbocycles. The lowest BCUT2D eigenvalue weighted by molar-refractivity contribution is -0.113. The summed E-state index contributed by atoms with van der Waals surface area (Å²) in [5, 5.41) is 0.634. The number of aromatic nitrogens is 1. The van der Waals surface area contributed by atoms with E-state index in [0.717, 1.165) is 11.1 Å². The zero-order valence-electron chi connectivity index (χ0n) is 12.1. The third kappa shape index (κ3) is 3.49. The lowest BCUT2D eigenvalue weighted by Gasteiger charge is -1.97. The minimum absolute atomic E-state index is 0.463. The zero-order valence-corrected chi connectivity index (χ0v) is 12.8. The molecular weight excluding hydrogens is 312 g/mol. The average Bonchev–Trinajstić information content (AvgIpc) is 2.99. The van der Waals surface area contributed by atoms with Gasteiger partial charge in [0.2, 0.25) is 11.8 Å². The highest BCUT2D eigenvalue weighted by atomic mass is 35.5. The Morgan fingerprint density at radius 3 is 2.39 bits per heavy atom. The molecule has 0 saturated heterocycles. The van der Waals surface area contributed by atoms with E-state index in [2.05, 4.69) is 4.98 Å². The van der Waals surface area contributed by atoms with Gasteiger partial charge in [0.15, 0.2) is 5.76 Å². The van der Waals surface area contributed by atoms with Crippen LogP contribution in [0.25, 0.3) is 28.8 Å². The van der Waals surface area contributed by atoms with Crippen LogP contribution in [0.3, 0.4) is 0 Å². The monoisotopic (exact) mass is 324 g/mol. The molecule has 0 bridgehead atoms. The fraction of sp³-hybridized carbons (Fsp3) is 0. The van der Waals surface area contributed by atoms with Crippen molar-refractivity contribution in [2.24, 2.45) is 5.73 Å². The van der Waals surface area contributed by atoms with Crippen LogP contribution in [0.15, 0.2) is 65.1 Å². The topological polar surface area (TPSA) is 69.1 Å². The van der Waals surface area contributed by atoms with E-state index in [1.165, 1.54) is 12.2 Å². The number of hydrogen-bond donors (Lipinski definition) is 1. The molecule has 0 radical (unpaired) electrons. The summed E-state index contributed by atoms with van der Waals surface area (Å²) in [4.78, 5) is 15.5. The molecule has 0 fully saturated rings. The van der Waals surface area contributed by atoms with Crippen LogP contribution in [-0.4, -0.2) is 10.9 Å². The van der Waals surface area contributed by atoms with Crippen molar-refractivity contribution < 1.29 is 9.21 Å². The van der Waals surface area contributed by atoms with E-state index in [0.29, 0.717) is 22.4 Å². The highest BCUT2D eigenvalue weighted by Gasteiger charge is 2.14. The number of rotatable bonds is 4. The van der Waals surface area contributed by atoms with Crippen molar-refractivity contribution in [1.29, 1.82) is 0 Å². The van der Waals surface area contributed by atoms with E-state index in [1.54, 1.807) is 12.1 Å². The molecule has 0 aliphatic rings. The molecule has 1 heterocycles. The number of nitrogens with two attached hydrogens (primary N) is 1. The fourth-order valence-corrected chi connectivity index (χ4v) is 2.25. The molecule has 23 heavy (non-hydrogen) atoms. The maximum absolute atomic E-state index is 11.0. The van der Waals surface area contributed by atoms with Crippen molar-refractivity contribution in [3.63, 3.8) is 0 Å². The molecule has 0 aliphatic heterocycles. The third-order valence-electron chi connectivity index (χ3n) is 3.19. The average molecular weight is 325 g/mol.